The Balaban J connectivity index is 1.82. The van der Waals surface area contributed by atoms with E-state index in [-0.39, 0.29) is 6.61 Å². The fraction of sp³-hybridized carbons (Fsp3) is 0.167. The first kappa shape index (κ1) is 15.9. The number of aliphatic hydroxyl groups is 1. The molecule has 3 aromatic heterocycles. The third-order valence-electron chi connectivity index (χ3n) is 3.39. The minimum absolute atomic E-state index is 0.0626. The Hall–Kier alpha value is -2.99. The van der Waals surface area contributed by atoms with Gasteiger partial charge < -0.3 is 15.7 Å². The summed E-state index contributed by atoms with van der Waals surface area (Å²) in [4.78, 5) is 13.2. The zero-order valence-corrected chi connectivity index (χ0v) is 13.4. The van der Waals surface area contributed by atoms with Crippen LogP contribution in [-0.2, 0) is 0 Å². The molecule has 0 aliphatic heterocycles. The molecule has 0 saturated heterocycles. The summed E-state index contributed by atoms with van der Waals surface area (Å²) in [6, 6.07) is 13.5. The third-order valence-corrected chi connectivity index (χ3v) is 3.39. The molecule has 0 aliphatic rings. The molecule has 0 aliphatic carbocycles. The van der Waals surface area contributed by atoms with E-state index >= 15 is 0 Å². The number of hydrogen-bond acceptors (Lipinski definition) is 6. The molecule has 0 spiro atoms. The van der Waals surface area contributed by atoms with Crippen LogP contribution in [0.25, 0.3) is 11.3 Å². The van der Waals surface area contributed by atoms with Crippen LogP contribution < -0.4 is 10.6 Å². The van der Waals surface area contributed by atoms with Crippen molar-refractivity contribution in [2.24, 2.45) is 0 Å². The van der Waals surface area contributed by atoms with Crippen LogP contribution in [0.1, 0.15) is 5.56 Å². The summed E-state index contributed by atoms with van der Waals surface area (Å²) in [6.45, 7) is 2.55. The lowest BCUT2D eigenvalue weighted by Crippen LogP contribution is -2.06. The molecule has 122 valence electrons. The van der Waals surface area contributed by atoms with E-state index in [2.05, 4.69) is 25.6 Å². The number of pyridine rings is 3. The van der Waals surface area contributed by atoms with E-state index in [0.717, 1.165) is 28.5 Å². The molecule has 3 N–H and O–H groups in total. The Morgan fingerprint density at radius 1 is 0.958 bits per heavy atom. The van der Waals surface area contributed by atoms with Crippen LogP contribution in [0.5, 0.6) is 0 Å². The van der Waals surface area contributed by atoms with Gasteiger partial charge in [0.15, 0.2) is 0 Å². The van der Waals surface area contributed by atoms with Crippen molar-refractivity contribution < 1.29 is 5.11 Å². The van der Waals surface area contributed by atoms with Gasteiger partial charge in [0.25, 0.3) is 0 Å². The van der Waals surface area contributed by atoms with Crippen molar-refractivity contribution in [1.82, 2.24) is 15.0 Å². The topological polar surface area (TPSA) is 83.0 Å². The highest BCUT2D eigenvalue weighted by molar-refractivity contribution is 5.65. The number of aromatic nitrogens is 3. The minimum atomic E-state index is 0.0626. The molecule has 6 nitrogen and oxygen atoms in total. The van der Waals surface area contributed by atoms with Gasteiger partial charge in [0.05, 0.1) is 12.3 Å². The zero-order chi connectivity index (χ0) is 16.8. The third kappa shape index (κ3) is 4.05. The highest BCUT2D eigenvalue weighted by atomic mass is 16.3. The fourth-order valence-electron chi connectivity index (χ4n) is 2.27. The Labute approximate surface area is 140 Å². The van der Waals surface area contributed by atoms with Gasteiger partial charge in [0.2, 0.25) is 0 Å². The highest BCUT2D eigenvalue weighted by Crippen LogP contribution is 2.22. The van der Waals surface area contributed by atoms with Crippen LogP contribution >= 0.6 is 0 Å². The molecule has 3 heterocycles. The Morgan fingerprint density at radius 3 is 2.62 bits per heavy atom. The summed E-state index contributed by atoms with van der Waals surface area (Å²) >= 11 is 0. The molecule has 3 rings (SSSR count). The molecule has 0 atom stereocenters. The summed E-state index contributed by atoms with van der Waals surface area (Å²) in [5.41, 5.74) is 2.92. The normalized spacial score (nSPS) is 10.4. The average molecular weight is 321 g/mol. The van der Waals surface area contributed by atoms with Crippen LogP contribution in [0.15, 0.2) is 54.9 Å². The van der Waals surface area contributed by atoms with Crippen molar-refractivity contribution in [2.45, 2.75) is 6.92 Å². The van der Waals surface area contributed by atoms with Gasteiger partial charge in [0.1, 0.15) is 17.5 Å². The van der Waals surface area contributed by atoms with E-state index < -0.39 is 0 Å². The van der Waals surface area contributed by atoms with Gasteiger partial charge in [-0.3, -0.25) is 0 Å². The van der Waals surface area contributed by atoms with E-state index in [1.54, 1.807) is 12.4 Å². The van der Waals surface area contributed by atoms with E-state index in [4.69, 9.17) is 5.11 Å². The Kier molecular flexibility index (Phi) is 4.98. The largest absolute Gasteiger partial charge is 0.395 e. The van der Waals surface area contributed by atoms with E-state index in [9.17, 15) is 0 Å². The van der Waals surface area contributed by atoms with Gasteiger partial charge in [-0.15, -0.1) is 0 Å². The van der Waals surface area contributed by atoms with Crippen molar-refractivity contribution >= 4 is 17.5 Å². The van der Waals surface area contributed by atoms with Crippen molar-refractivity contribution in [2.75, 3.05) is 23.8 Å². The number of hydrogen-bond donors (Lipinski definition) is 3. The number of nitrogens with one attached hydrogen (secondary N) is 2. The van der Waals surface area contributed by atoms with E-state index in [1.165, 1.54) is 0 Å². The van der Waals surface area contributed by atoms with E-state index in [0.29, 0.717) is 12.4 Å². The first-order valence-corrected chi connectivity index (χ1v) is 7.72. The quantitative estimate of drug-likeness (QED) is 0.647. The molecular formula is C18H19N5O. The lowest BCUT2D eigenvalue weighted by molar-refractivity contribution is 0.311. The predicted molar refractivity (Wildman–Crippen MR) is 95.3 cm³/mol. The van der Waals surface area contributed by atoms with Crippen LogP contribution in [-0.4, -0.2) is 33.2 Å². The van der Waals surface area contributed by atoms with Crippen molar-refractivity contribution in [3.63, 3.8) is 0 Å². The molecule has 0 fully saturated rings. The minimum Gasteiger partial charge on any atom is -0.395 e. The van der Waals surface area contributed by atoms with Gasteiger partial charge in [0, 0.05) is 24.5 Å². The summed E-state index contributed by atoms with van der Waals surface area (Å²) in [7, 11) is 0. The second-order valence-electron chi connectivity index (χ2n) is 5.33. The molecule has 24 heavy (non-hydrogen) atoms. The van der Waals surface area contributed by atoms with Gasteiger partial charge in [-0.1, -0.05) is 6.07 Å². The van der Waals surface area contributed by atoms with Crippen LogP contribution in [0.3, 0.4) is 0 Å². The van der Waals surface area contributed by atoms with Crippen molar-refractivity contribution in [1.29, 1.82) is 0 Å². The maximum Gasteiger partial charge on any atom is 0.132 e. The molecule has 0 amide bonds. The molecule has 0 unspecified atom stereocenters. The fourth-order valence-corrected chi connectivity index (χ4v) is 2.27. The van der Waals surface area contributed by atoms with Crippen LogP contribution in [0, 0.1) is 6.92 Å². The maximum atomic E-state index is 8.89. The first-order valence-electron chi connectivity index (χ1n) is 7.72. The van der Waals surface area contributed by atoms with Crippen LogP contribution in [0.2, 0.25) is 0 Å². The first-order chi connectivity index (χ1) is 11.7. The highest BCUT2D eigenvalue weighted by Gasteiger charge is 2.04. The summed E-state index contributed by atoms with van der Waals surface area (Å²) in [5, 5.41) is 15.2. The Bertz CT molecular complexity index is 822. The average Bonchev–Trinajstić information content (AvgIpc) is 2.60. The van der Waals surface area contributed by atoms with Gasteiger partial charge in [-0.2, -0.15) is 0 Å². The van der Waals surface area contributed by atoms with Crippen LogP contribution in [0.4, 0.5) is 17.5 Å². The predicted octanol–water partition coefficient (Wildman–Crippen LogP) is 2.99. The van der Waals surface area contributed by atoms with Gasteiger partial charge in [-0.05, 0) is 48.9 Å². The summed E-state index contributed by atoms with van der Waals surface area (Å²) < 4.78 is 0. The Morgan fingerprint density at radius 2 is 1.79 bits per heavy atom. The standard InChI is InChI=1S/C18H19N5O/c1-13-5-7-20-18(11-13)23-16-4-2-3-15(22-16)14-6-8-19-17(12-14)21-9-10-24/h2-8,11-12,24H,9-10H2,1H3,(H,19,21)(H,20,22,23). The number of aliphatic hydroxyl groups excluding tert-OH is 1. The van der Waals surface area contributed by atoms with E-state index in [1.807, 2.05) is 49.4 Å². The van der Waals surface area contributed by atoms with Gasteiger partial charge >= 0.3 is 0 Å². The number of rotatable bonds is 6. The number of aryl methyl sites for hydroxylation is 1. The second kappa shape index (κ2) is 7.52. The summed E-state index contributed by atoms with van der Waals surface area (Å²) in [6.07, 6.45) is 3.49. The molecule has 3 aromatic rings. The van der Waals surface area contributed by atoms with Gasteiger partial charge in [-0.25, -0.2) is 15.0 Å². The molecule has 0 radical (unpaired) electrons. The molecule has 0 saturated carbocycles. The van der Waals surface area contributed by atoms with Crippen molar-refractivity contribution in [3.05, 3.63) is 60.4 Å². The zero-order valence-electron chi connectivity index (χ0n) is 13.4. The lowest BCUT2D eigenvalue weighted by atomic mass is 10.1. The number of anilines is 3. The lowest BCUT2D eigenvalue weighted by Gasteiger charge is -2.09. The molecule has 0 aromatic carbocycles. The molecular weight excluding hydrogens is 302 g/mol. The second-order valence-corrected chi connectivity index (χ2v) is 5.33. The van der Waals surface area contributed by atoms with Crippen molar-refractivity contribution in [3.8, 4) is 11.3 Å². The number of nitrogens with zero attached hydrogens (tertiary/aromatic N) is 3. The SMILES string of the molecule is Cc1ccnc(Nc2cccc(-c3ccnc(NCCO)c3)n2)c1. The summed E-state index contributed by atoms with van der Waals surface area (Å²) in [5.74, 6) is 2.20. The maximum absolute atomic E-state index is 8.89. The monoisotopic (exact) mass is 321 g/mol. The molecule has 6 heteroatoms. The smallest absolute Gasteiger partial charge is 0.132 e. The molecule has 0 bridgehead atoms.